The second kappa shape index (κ2) is 8.56. The molecule has 1 atom stereocenters. The van der Waals surface area contributed by atoms with Crippen LogP contribution in [0.25, 0.3) is 33.3 Å². The van der Waals surface area contributed by atoms with Gasteiger partial charge in [0.15, 0.2) is 5.69 Å². The number of para-hydroxylation sites is 1. The van der Waals surface area contributed by atoms with Crippen molar-refractivity contribution in [2.45, 2.75) is 19.9 Å². The molecule has 0 bridgehead atoms. The molecule has 9 heteroatoms. The largest absolute Gasteiger partial charge is 0.476 e. The third kappa shape index (κ3) is 3.91. The van der Waals surface area contributed by atoms with E-state index in [2.05, 4.69) is 10.3 Å². The maximum absolute atomic E-state index is 13.4. The summed E-state index contributed by atoms with van der Waals surface area (Å²) < 4.78 is 7.21. The number of carboxylic acids is 1. The summed E-state index contributed by atoms with van der Waals surface area (Å²) in [6.07, 6.45) is 1.60. The molecule has 0 unspecified atom stereocenters. The maximum Gasteiger partial charge on any atom is 0.356 e. The van der Waals surface area contributed by atoms with Crippen LogP contribution in [0, 0.1) is 6.92 Å². The van der Waals surface area contributed by atoms with Crippen molar-refractivity contribution in [1.82, 2.24) is 14.5 Å². The summed E-state index contributed by atoms with van der Waals surface area (Å²) in [7, 11) is 1.69. The Morgan fingerprint density at radius 1 is 1.14 bits per heavy atom. The van der Waals surface area contributed by atoms with E-state index in [4.69, 9.17) is 21.0 Å². The lowest BCUT2D eigenvalue weighted by atomic mass is 10.0. The molecule has 0 aliphatic heterocycles. The molecular formula is C26H21ClN4O4. The van der Waals surface area contributed by atoms with Crippen molar-refractivity contribution in [2.75, 3.05) is 5.32 Å². The van der Waals surface area contributed by atoms with Gasteiger partial charge in [0.05, 0.1) is 28.2 Å². The molecule has 5 rings (SSSR count). The van der Waals surface area contributed by atoms with E-state index in [0.29, 0.717) is 33.6 Å². The second-order valence-corrected chi connectivity index (χ2v) is 8.78. The van der Waals surface area contributed by atoms with E-state index in [-0.39, 0.29) is 16.4 Å². The standard InChI is InChI=1S/C26H21ClN4O4/c1-13-10-16(14(2)28-19-8-9-21(27)29-23(19)26(33)34)22-17(11-13)25(32)31(3)24(30-22)18-12-35-20-7-5-4-6-15(18)20/h4-12,14,28H,1-3H3,(H,33,34)/t14-/m1/s1. The molecule has 3 heterocycles. The number of fused-ring (bicyclic) bond motifs is 2. The third-order valence-electron chi connectivity index (χ3n) is 5.98. The minimum Gasteiger partial charge on any atom is -0.476 e. The Hall–Kier alpha value is -4.17. The first-order chi connectivity index (χ1) is 16.7. The molecule has 0 amide bonds. The number of furan rings is 1. The van der Waals surface area contributed by atoms with E-state index < -0.39 is 12.0 Å². The number of aryl methyl sites for hydroxylation is 1. The number of pyridine rings is 1. The molecule has 0 spiro atoms. The van der Waals surface area contributed by atoms with Crippen LogP contribution in [0.5, 0.6) is 0 Å². The molecule has 0 radical (unpaired) electrons. The van der Waals surface area contributed by atoms with Gasteiger partial charge >= 0.3 is 5.97 Å². The Kier molecular flexibility index (Phi) is 5.53. The number of anilines is 1. The number of hydrogen-bond acceptors (Lipinski definition) is 6. The first-order valence-corrected chi connectivity index (χ1v) is 11.3. The zero-order valence-electron chi connectivity index (χ0n) is 19.2. The zero-order chi connectivity index (χ0) is 24.9. The number of hydrogen-bond donors (Lipinski definition) is 2. The first-order valence-electron chi connectivity index (χ1n) is 10.9. The van der Waals surface area contributed by atoms with Crippen molar-refractivity contribution in [3.05, 3.63) is 87.1 Å². The second-order valence-electron chi connectivity index (χ2n) is 8.40. The van der Waals surface area contributed by atoms with Crippen LogP contribution < -0.4 is 10.9 Å². The summed E-state index contributed by atoms with van der Waals surface area (Å²) in [5, 5.41) is 14.2. The molecule has 0 aliphatic rings. The van der Waals surface area contributed by atoms with Crippen LogP contribution in [-0.2, 0) is 7.05 Å². The quantitative estimate of drug-likeness (QED) is 0.311. The Morgan fingerprint density at radius 3 is 2.69 bits per heavy atom. The van der Waals surface area contributed by atoms with Crippen LogP contribution in [0.3, 0.4) is 0 Å². The van der Waals surface area contributed by atoms with Gasteiger partial charge in [-0.05, 0) is 43.7 Å². The van der Waals surface area contributed by atoms with Crippen LogP contribution in [0.15, 0.2) is 64.0 Å². The van der Waals surface area contributed by atoms with Gasteiger partial charge in [0, 0.05) is 18.0 Å². The van der Waals surface area contributed by atoms with Crippen molar-refractivity contribution in [2.24, 2.45) is 7.05 Å². The molecule has 0 aliphatic carbocycles. The van der Waals surface area contributed by atoms with Gasteiger partial charge in [-0.3, -0.25) is 9.36 Å². The summed E-state index contributed by atoms with van der Waals surface area (Å²) in [5.74, 6) is -0.721. The van der Waals surface area contributed by atoms with E-state index in [1.807, 2.05) is 50.2 Å². The Balaban J connectivity index is 1.69. The van der Waals surface area contributed by atoms with Crippen molar-refractivity contribution < 1.29 is 14.3 Å². The van der Waals surface area contributed by atoms with Crippen molar-refractivity contribution in [3.8, 4) is 11.4 Å². The smallest absolute Gasteiger partial charge is 0.356 e. The van der Waals surface area contributed by atoms with Gasteiger partial charge in [0.2, 0.25) is 0 Å². The average Bonchev–Trinajstić information content (AvgIpc) is 3.26. The van der Waals surface area contributed by atoms with E-state index in [1.165, 1.54) is 10.6 Å². The Morgan fingerprint density at radius 2 is 1.91 bits per heavy atom. The highest BCUT2D eigenvalue weighted by atomic mass is 35.5. The molecule has 35 heavy (non-hydrogen) atoms. The Labute approximate surface area is 204 Å². The van der Waals surface area contributed by atoms with Crippen molar-refractivity contribution >= 4 is 45.1 Å². The summed E-state index contributed by atoms with van der Waals surface area (Å²) in [6, 6.07) is 14.0. The van der Waals surface area contributed by atoms with Gasteiger partial charge in [-0.25, -0.2) is 14.8 Å². The summed E-state index contributed by atoms with van der Waals surface area (Å²) in [4.78, 5) is 34.0. The highest BCUT2D eigenvalue weighted by Gasteiger charge is 2.21. The van der Waals surface area contributed by atoms with Crippen molar-refractivity contribution in [3.63, 3.8) is 0 Å². The van der Waals surface area contributed by atoms with E-state index in [0.717, 1.165) is 16.5 Å². The first kappa shape index (κ1) is 22.6. The predicted molar refractivity (Wildman–Crippen MR) is 135 cm³/mol. The lowest BCUT2D eigenvalue weighted by Gasteiger charge is -2.20. The fourth-order valence-electron chi connectivity index (χ4n) is 4.30. The number of rotatable bonds is 5. The molecule has 2 aromatic carbocycles. The lowest BCUT2D eigenvalue weighted by Crippen LogP contribution is -2.22. The summed E-state index contributed by atoms with van der Waals surface area (Å²) in [5.41, 5.74) is 3.51. The van der Waals surface area contributed by atoms with E-state index >= 15 is 0 Å². The Bertz CT molecular complexity index is 1690. The fraction of sp³-hybridized carbons (Fsp3) is 0.154. The minimum atomic E-state index is -1.20. The fourth-order valence-corrected chi connectivity index (χ4v) is 4.45. The van der Waals surface area contributed by atoms with Crippen LogP contribution in [0.1, 0.15) is 34.6 Å². The maximum atomic E-state index is 13.4. The number of nitrogens with zero attached hydrogens (tertiary/aromatic N) is 3. The molecule has 3 aromatic heterocycles. The lowest BCUT2D eigenvalue weighted by molar-refractivity contribution is 0.0691. The normalized spacial score (nSPS) is 12.2. The SMILES string of the molecule is Cc1cc([C@@H](C)Nc2ccc(Cl)nc2C(=O)O)c2nc(-c3coc4ccccc34)n(C)c(=O)c2c1. The zero-order valence-corrected chi connectivity index (χ0v) is 19.9. The van der Waals surface area contributed by atoms with Crippen LogP contribution in [-0.4, -0.2) is 25.6 Å². The molecule has 0 fully saturated rings. The number of aromatic carboxylic acids is 1. The van der Waals surface area contributed by atoms with Gasteiger partial charge < -0.3 is 14.8 Å². The molecular weight excluding hydrogens is 468 g/mol. The van der Waals surface area contributed by atoms with Gasteiger partial charge in [-0.15, -0.1) is 0 Å². The third-order valence-corrected chi connectivity index (χ3v) is 6.19. The molecule has 0 saturated heterocycles. The number of halogens is 1. The average molecular weight is 489 g/mol. The summed E-state index contributed by atoms with van der Waals surface area (Å²) >= 11 is 5.90. The van der Waals surface area contributed by atoms with Crippen LogP contribution >= 0.6 is 11.6 Å². The molecule has 5 aromatic rings. The number of carbonyl (C=O) groups is 1. The highest BCUT2D eigenvalue weighted by Crippen LogP contribution is 2.32. The number of carboxylic acid groups (broad SMARTS) is 1. The van der Waals surface area contributed by atoms with Gasteiger partial charge in [-0.2, -0.15) is 0 Å². The highest BCUT2D eigenvalue weighted by molar-refractivity contribution is 6.29. The molecule has 176 valence electrons. The van der Waals surface area contributed by atoms with Gasteiger partial charge in [0.1, 0.15) is 22.8 Å². The topological polar surface area (TPSA) is 110 Å². The molecule has 2 N–H and O–H groups in total. The molecule has 8 nitrogen and oxygen atoms in total. The van der Waals surface area contributed by atoms with E-state index in [1.54, 1.807) is 19.4 Å². The molecule has 0 saturated carbocycles. The summed E-state index contributed by atoms with van der Waals surface area (Å²) in [6.45, 7) is 3.78. The minimum absolute atomic E-state index is 0.0868. The van der Waals surface area contributed by atoms with Gasteiger partial charge in [0.25, 0.3) is 5.56 Å². The van der Waals surface area contributed by atoms with Crippen molar-refractivity contribution in [1.29, 1.82) is 0 Å². The van der Waals surface area contributed by atoms with E-state index in [9.17, 15) is 14.7 Å². The van der Waals surface area contributed by atoms with Gasteiger partial charge in [-0.1, -0.05) is 35.9 Å². The number of nitrogens with one attached hydrogen (secondary N) is 1. The predicted octanol–water partition coefficient (Wildman–Crippen LogP) is 5.57. The monoisotopic (exact) mass is 488 g/mol. The van der Waals surface area contributed by atoms with Crippen LogP contribution in [0.4, 0.5) is 5.69 Å². The number of benzene rings is 2. The van der Waals surface area contributed by atoms with Crippen LogP contribution in [0.2, 0.25) is 5.15 Å². The number of aromatic nitrogens is 3.